The molecule has 78 valence electrons. The van der Waals surface area contributed by atoms with Gasteiger partial charge >= 0.3 is 0 Å². The Morgan fingerprint density at radius 3 is 3.00 bits per heavy atom. The van der Waals surface area contributed by atoms with Crippen molar-refractivity contribution in [1.29, 1.82) is 0 Å². The monoisotopic (exact) mass is 211 g/mol. The first-order chi connectivity index (χ1) is 6.66. The van der Waals surface area contributed by atoms with Crippen molar-refractivity contribution in [3.8, 4) is 0 Å². The van der Waals surface area contributed by atoms with Gasteiger partial charge in [-0.15, -0.1) is 11.3 Å². The summed E-state index contributed by atoms with van der Waals surface area (Å²) >= 11 is 1.71. The van der Waals surface area contributed by atoms with Crippen molar-refractivity contribution in [1.82, 2.24) is 4.98 Å². The van der Waals surface area contributed by atoms with Crippen LogP contribution in [0.5, 0.6) is 0 Å². The van der Waals surface area contributed by atoms with Crippen molar-refractivity contribution >= 4 is 16.5 Å². The van der Waals surface area contributed by atoms with Crippen LogP contribution < -0.4 is 10.6 Å². The Bertz CT molecular complexity index is 308. The minimum atomic E-state index is 0.0556. The Morgan fingerprint density at radius 2 is 2.50 bits per heavy atom. The first kappa shape index (κ1) is 9.93. The highest BCUT2D eigenvalue weighted by Gasteiger charge is 2.21. The Kier molecular flexibility index (Phi) is 2.74. The molecule has 1 aromatic heterocycles. The van der Waals surface area contributed by atoms with Crippen LogP contribution in [-0.4, -0.2) is 18.1 Å². The molecule has 0 aromatic carbocycles. The van der Waals surface area contributed by atoms with E-state index in [2.05, 4.69) is 22.2 Å². The lowest BCUT2D eigenvalue weighted by Gasteiger charge is -2.13. The maximum Gasteiger partial charge on any atom is 0.185 e. The van der Waals surface area contributed by atoms with Crippen LogP contribution in [0.1, 0.15) is 32.0 Å². The van der Waals surface area contributed by atoms with Gasteiger partial charge in [0, 0.05) is 24.5 Å². The molecular formula is C10H17N3S. The zero-order valence-electron chi connectivity index (χ0n) is 8.73. The molecule has 0 spiro atoms. The average molecular weight is 211 g/mol. The van der Waals surface area contributed by atoms with Gasteiger partial charge in [0.2, 0.25) is 0 Å². The molecule has 0 saturated carbocycles. The second kappa shape index (κ2) is 3.87. The third-order valence-electron chi connectivity index (χ3n) is 2.67. The van der Waals surface area contributed by atoms with Crippen LogP contribution in [0.4, 0.5) is 5.13 Å². The normalized spacial score (nSPS) is 24.2. The molecule has 2 unspecified atom stereocenters. The van der Waals surface area contributed by atoms with Gasteiger partial charge in [-0.05, 0) is 19.3 Å². The molecule has 0 radical (unpaired) electrons. The summed E-state index contributed by atoms with van der Waals surface area (Å²) < 4.78 is 0. The predicted molar refractivity (Wildman–Crippen MR) is 60.7 cm³/mol. The average Bonchev–Trinajstić information content (AvgIpc) is 2.70. The van der Waals surface area contributed by atoms with E-state index in [9.17, 15) is 0 Å². The molecule has 3 nitrogen and oxygen atoms in total. The first-order valence-corrected chi connectivity index (χ1v) is 6.00. The molecule has 1 saturated heterocycles. The minimum Gasteiger partial charge on any atom is -0.348 e. The number of nitrogens with zero attached hydrogens (tertiary/aromatic N) is 2. The summed E-state index contributed by atoms with van der Waals surface area (Å²) in [6.07, 6.45) is 1.28. The molecule has 1 aliphatic heterocycles. The number of thiazole rings is 1. The van der Waals surface area contributed by atoms with Crippen LogP contribution in [0.3, 0.4) is 0 Å². The molecule has 2 heterocycles. The van der Waals surface area contributed by atoms with Crippen LogP contribution in [-0.2, 0) is 0 Å². The summed E-state index contributed by atoms with van der Waals surface area (Å²) in [4.78, 5) is 6.91. The largest absolute Gasteiger partial charge is 0.348 e. The van der Waals surface area contributed by atoms with E-state index in [-0.39, 0.29) is 6.04 Å². The molecular weight excluding hydrogens is 194 g/mol. The predicted octanol–water partition coefficient (Wildman–Crippen LogP) is 2.01. The highest BCUT2D eigenvalue weighted by molar-refractivity contribution is 7.13. The van der Waals surface area contributed by atoms with Crippen molar-refractivity contribution in [3.05, 3.63) is 11.1 Å². The molecule has 14 heavy (non-hydrogen) atoms. The standard InChI is InChI=1S/C10H17N3S/c1-7-3-4-13(5-7)10-12-9(6-14-10)8(2)11/h6-8H,3-5,11H2,1-2H3. The summed E-state index contributed by atoms with van der Waals surface area (Å²) in [5.41, 5.74) is 6.80. The summed E-state index contributed by atoms with van der Waals surface area (Å²) in [7, 11) is 0. The maximum absolute atomic E-state index is 5.78. The Labute approximate surface area is 88.9 Å². The van der Waals surface area contributed by atoms with E-state index in [0.717, 1.165) is 29.8 Å². The summed E-state index contributed by atoms with van der Waals surface area (Å²) in [5, 5.41) is 3.21. The zero-order valence-corrected chi connectivity index (χ0v) is 9.55. The van der Waals surface area contributed by atoms with Gasteiger partial charge in [-0.25, -0.2) is 4.98 Å². The van der Waals surface area contributed by atoms with E-state index in [4.69, 9.17) is 5.73 Å². The number of rotatable bonds is 2. The van der Waals surface area contributed by atoms with E-state index in [0.29, 0.717) is 0 Å². The van der Waals surface area contributed by atoms with Crippen molar-refractivity contribution < 1.29 is 0 Å². The zero-order chi connectivity index (χ0) is 10.1. The topological polar surface area (TPSA) is 42.2 Å². The Balaban J connectivity index is 2.09. The molecule has 0 amide bonds. The number of anilines is 1. The van der Waals surface area contributed by atoms with E-state index in [1.54, 1.807) is 11.3 Å². The molecule has 4 heteroatoms. The molecule has 1 fully saturated rings. The fraction of sp³-hybridized carbons (Fsp3) is 0.700. The fourth-order valence-electron chi connectivity index (χ4n) is 1.74. The first-order valence-electron chi connectivity index (χ1n) is 5.12. The molecule has 2 N–H and O–H groups in total. The van der Waals surface area contributed by atoms with Gasteiger partial charge in [-0.2, -0.15) is 0 Å². The lowest BCUT2D eigenvalue weighted by molar-refractivity contribution is 0.659. The van der Waals surface area contributed by atoms with Gasteiger partial charge in [0.1, 0.15) is 0 Å². The summed E-state index contributed by atoms with van der Waals surface area (Å²) in [6, 6.07) is 0.0556. The number of hydrogen-bond acceptors (Lipinski definition) is 4. The molecule has 1 aliphatic rings. The maximum atomic E-state index is 5.78. The lowest BCUT2D eigenvalue weighted by atomic mass is 10.2. The highest BCUT2D eigenvalue weighted by Crippen LogP contribution is 2.27. The van der Waals surface area contributed by atoms with Crippen molar-refractivity contribution in [2.45, 2.75) is 26.3 Å². The lowest BCUT2D eigenvalue weighted by Crippen LogP contribution is -2.19. The van der Waals surface area contributed by atoms with Gasteiger partial charge in [0.05, 0.1) is 5.69 Å². The van der Waals surface area contributed by atoms with Crippen LogP contribution in [0, 0.1) is 5.92 Å². The SMILES string of the molecule is CC1CCN(c2nc(C(C)N)cs2)C1. The Morgan fingerprint density at radius 1 is 1.71 bits per heavy atom. The molecule has 0 aliphatic carbocycles. The van der Waals surface area contributed by atoms with Crippen LogP contribution >= 0.6 is 11.3 Å². The van der Waals surface area contributed by atoms with Gasteiger partial charge in [0.15, 0.2) is 5.13 Å². The second-order valence-electron chi connectivity index (χ2n) is 4.18. The molecule has 1 aromatic rings. The van der Waals surface area contributed by atoms with Crippen LogP contribution in [0.2, 0.25) is 0 Å². The van der Waals surface area contributed by atoms with E-state index in [1.807, 2.05) is 6.92 Å². The number of nitrogens with two attached hydrogens (primary N) is 1. The van der Waals surface area contributed by atoms with Gasteiger partial charge in [-0.3, -0.25) is 0 Å². The third-order valence-corrected chi connectivity index (χ3v) is 3.59. The van der Waals surface area contributed by atoms with Crippen LogP contribution in [0.15, 0.2) is 5.38 Å². The van der Waals surface area contributed by atoms with Crippen molar-refractivity contribution in [3.63, 3.8) is 0 Å². The van der Waals surface area contributed by atoms with E-state index >= 15 is 0 Å². The smallest absolute Gasteiger partial charge is 0.185 e. The molecule has 2 atom stereocenters. The quantitative estimate of drug-likeness (QED) is 0.813. The van der Waals surface area contributed by atoms with Gasteiger partial charge < -0.3 is 10.6 Å². The minimum absolute atomic E-state index is 0.0556. The third kappa shape index (κ3) is 1.91. The molecule has 2 rings (SSSR count). The fourth-order valence-corrected chi connectivity index (χ4v) is 2.71. The molecule has 0 bridgehead atoms. The summed E-state index contributed by atoms with van der Waals surface area (Å²) in [5.74, 6) is 0.803. The van der Waals surface area contributed by atoms with Gasteiger partial charge in [0.25, 0.3) is 0 Å². The Hall–Kier alpha value is -0.610. The number of hydrogen-bond donors (Lipinski definition) is 1. The highest BCUT2D eigenvalue weighted by atomic mass is 32.1. The number of aromatic nitrogens is 1. The second-order valence-corrected chi connectivity index (χ2v) is 5.02. The van der Waals surface area contributed by atoms with Crippen molar-refractivity contribution in [2.75, 3.05) is 18.0 Å². The van der Waals surface area contributed by atoms with Crippen molar-refractivity contribution in [2.24, 2.45) is 11.7 Å². The summed E-state index contributed by atoms with van der Waals surface area (Å²) in [6.45, 7) is 6.56. The van der Waals surface area contributed by atoms with E-state index in [1.165, 1.54) is 6.42 Å². The van der Waals surface area contributed by atoms with Crippen LogP contribution in [0.25, 0.3) is 0 Å². The van der Waals surface area contributed by atoms with Gasteiger partial charge in [-0.1, -0.05) is 6.92 Å². The van der Waals surface area contributed by atoms with E-state index < -0.39 is 0 Å².